The molecular formula is C33H42F3N5O5S. The highest BCUT2D eigenvalue weighted by Crippen LogP contribution is 2.43. The summed E-state index contributed by atoms with van der Waals surface area (Å²) in [5, 5.41) is 6.72. The second-order valence-corrected chi connectivity index (χ2v) is 14.7. The minimum atomic E-state index is -3.33. The Hall–Kier alpha value is -3.36. The van der Waals surface area contributed by atoms with Crippen molar-refractivity contribution >= 4 is 33.0 Å². The minimum Gasteiger partial charge on any atom is -0.381 e. The first-order chi connectivity index (χ1) is 22.5. The number of anilines is 1. The molecule has 0 unspecified atom stereocenters. The molecule has 2 aromatic heterocycles. The summed E-state index contributed by atoms with van der Waals surface area (Å²) < 4.78 is 78.4. The van der Waals surface area contributed by atoms with Gasteiger partial charge in [0.25, 0.3) is 11.5 Å². The number of pyridine rings is 1. The Morgan fingerprint density at radius 3 is 2.57 bits per heavy atom. The molecule has 1 atom stereocenters. The number of sulfone groups is 1. The van der Waals surface area contributed by atoms with Crippen LogP contribution in [0.4, 0.5) is 19.0 Å². The molecule has 3 aromatic rings. The van der Waals surface area contributed by atoms with E-state index in [9.17, 15) is 18.0 Å². The zero-order valence-corrected chi connectivity index (χ0v) is 27.3. The third-order valence-corrected chi connectivity index (χ3v) is 11.0. The maximum Gasteiger partial charge on any atom is 0.278 e. The molecule has 4 heterocycles. The van der Waals surface area contributed by atoms with Gasteiger partial charge in [0.2, 0.25) is 0 Å². The molecule has 0 saturated carbocycles. The minimum absolute atomic E-state index is 0.0190. The number of carbonyl (C=O) groups excluding carboxylic acids is 1. The molecule has 0 spiro atoms. The van der Waals surface area contributed by atoms with Gasteiger partial charge in [-0.2, -0.15) is 0 Å². The quantitative estimate of drug-likeness (QED) is 0.181. The molecule has 47 heavy (non-hydrogen) atoms. The number of halogens is 3. The number of aldehydes is 1. The molecule has 2 N–H and O–H groups in total. The first kappa shape index (κ1) is 35.0. The van der Waals surface area contributed by atoms with Gasteiger partial charge in [-0.15, -0.1) is 0 Å². The molecule has 10 nitrogen and oxygen atoms in total. The van der Waals surface area contributed by atoms with Crippen molar-refractivity contribution in [1.29, 1.82) is 0 Å². The van der Waals surface area contributed by atoms with E-state index in [4.69, 9.17) is 4.74 Å². The lowest BCUT2D eigenvalue weighted by Gasteiger charge is -2.31. The molecule has 1 aromatic carbocycles. The smallest absolute Gasteiger partial charge is 0.278 e. The van der Waals surface area contributed by atoms with E-state index in [1.807, 2.05) is 0 Å². The summed E-state index contributed by atoms with van der Waals surface area (Å²) in [6, 6.07) is 4.96. The van der Waals surface area contributed by atoms with Crippen LogP contribution in [-0.2, 0) is 31.8 Å². The number of alkyl halides is 2. The van der Waals surface area contributed by atoms with E-state index < -0.39 is 39.1 Å². The number of aryl methyl sites for hydroxylation is 1. The SMILES string of the molecule is C[C@@H](Nc1ncnc2c1cc(C1CCS(=O)(=O)CC1)c(=O)n2CCCOCCCC=O)c1cccc(C(F)(F)C2CCNCC2)c1F. The van der Waals surface area contributed by atoms with E-state index in [2.05, 4.69) is 20.6 Å². The van der Waals surface area contributed by atoms with Crippen LogP contribution >= 0.6 is 0 Å². The average Bonchev–Trinajstić information content (AvgIpc) is 3.05. The number of piperidine rings is 1. The Morgan fingerprint density at radius 1 is 1.13 bits per heavy atom. The number of nitrogens with one attached hydrogen (secondary N) is 2. The second kappa shape index (κ2) is 15.2. The summed E-state index contributed by atoms with van der Waals surface area (Å²) in [4.78, 5) is 33.2. The van der Waals surface area contributed by atoms with Gasteiger partial charge in [-0.1, -0.05) is 18.2 Å². The van der Waals surface area contributed by atoms with Crippen molar-refractivity contribution in [3.8, 4) is 0 Å². The van der Waals surface area contributed by atoms with Gasteiger partial charge in [0.1, 0.15) is 39.7 Å². The maximum atomic E-state index is 15.9. The van der Waals surface area contributed by atoms with Crippen LogP contribution in [0.2, 0.25) is 0 Å². The molecule has 2 saturated heterocycles. The van der Waals surface area contributed by atoms with E-state index in [0.29, 0.717) is 80.8 Å². The first-order valence-corrected chi connectivity index (χ1v) is 18.1. The Balaban J connectivity index is 1.46. The van der Waals surface area contributed by atoms with E-state index in [-0.39, 0.29) is 47.9 Å². The molecular weight excluding hydrogens is 635 g/mol. The van der Waals surface area contributed by atoms with Gasteiger partial charge in [-0.3, -0.25) is 9.36 Å². The van der Waals surface area contributed by atoms with Crippen molar-refractivity contribution in [2.75, 3.05) is 43.1 Å². The average molecular weight is 678 g/mol. The van der Waals surface area contributed by atoms with Gasteiger partial charge >= 0.3 is 0 Å². The van der Waals surface area contributed by atoms with Crippen LogP contribution < -0.4 is 16.2 Å². The monoisotopic (exact) mass is 677 g/mol. The zero-order valence-electron chi connectivity index (χ0n) is 26.5. The highest BCUT2D eigenvalue weighted by atomic mass is 32.2. The van der Waals surface area contributed by atoms with Crippen LogP contribution in [0.3, 0.4) is 0 Å². The van der Waals surface area contributed by atoms with Crippen LogP contribution in [0.5, 0.6) is 0 Å². The molecule has 0 amide bonds. The molecule has 256 valence electrons. The zero-order chi connectivity index (χ0) is 33.6. The maximum absolute atomic E-state index is 15.9. The number of nitrogens with zero attached hydrogens (tertiary/aromatic N) is 3. The molecule has 2 aliphatic rings. The summed E-state index contributed by atoms with van der Waals surface area (Å²) in [6.07, 6.45) is 4.72. The van der Waals surface area contributed by atoms with E-state index >= 15 is 13.2 Å². The number of ether oxygens (including phenoxy) is 1. The lowest BCUT2D eigenvalue weighted by Crippen LogP contribution is -2.37. The fraction of sp³-hybridized carbons (Fsp3) is 0.576. The van der Waals surface area contributed by atoms with Crippen molar-refractivity contribution in [1.82, 2.24) is 19.9 Å². The summed E-state index contributed by atoms with van der Waals surface area (Å²) in [5.41, 5.74) is -0.0704. The van der Waals surface area contributed by atoms with Crippen LogP contribution in [0.25, 0.3) is 11.0 Å². The summed E-state index contributed by atoms with van der Waals surface area (Å²) in [5.74, 6) is -5.30. The van der Waals surface area contributed by atoms with Gasteiger partial charge in [0.15, 0.2) is 0 Å². The van der Waals surface area contributed by atoms with Crippen LogP contribution in [0.1, 0.15) is 80.5 Å². The van der Waals surface area contributed by atoms with E-state index in [1.54, 1.807) is 13.0 Å². The van der Waals surface area contributed by atoms with E-state index in [1.165, 1.54) is 23.0 Å². The van der Waals surface area contributed by atoms with Crippen LogP contribution in [0.15, 0.2) is 35.4 Å². The van der Waals surface area contributed by atoms with Crippen LogP contribution in [0, 0.1) is 11.7 Å². The van der Waals surface area contributed by atoms with Gasteiger partial charge < -0.3 is 20.2 Å². The number of fused-ring (bicyclic) bond motifs is 1. The molecule has 0 radical (unpaired) electrons. The normalized spacial score (nSPS) is 18.3. The number of aromatic nitrogens is 3. The summed E-state index contributed by atoms with van der Waals surface area (Å²) >= 11 is 0. The fourth-order valence-corrected chi connectivity index (χ4v) is 8.04. The van der Waals surface area contributed by atoms with Crippen molar-refractivity contribution in [2.45, 2.75) is 76.3 Å². The molecule has 0 bridgehead atoms. The fourth-order valence-electron chi connectivity index (χ4n) is 6.54. The highest BCUT2D eigenvalue weighted by molar-refractivity contribution is 7.91. The number of benzene rings is 1. The number of hydrogen-bond donors (Lipinski definition) is 2. The topological polar surface area (TPSA) is 132 Å². The molecule has 14 heteroatoms. The Morgan fingerprint density at radius 2 is 1.85 bits per heavy atom. The number of carbonyl (C=O) groups is 1. The standard InChI is InChI=1S/C33H42F3N5O5S/c1-22(25-6-4-7-28(29(25)34)33(35,36)24-8-12-37-13-9-24)40-30-27-20-26(23-10-18-47(44,45)19-11-23)32(43)41(31(27)39-21-38-30)14-5-17-46-16-3-2-15-42/h4,6-7,15,20-24,37H,2-3,5,8-14,16-19H2,1H3,(H,38,39,40)/t22-/m1/s1. The Bertz CT molecular complexity index is 1720. The Kier molecular flexibility index (Phi) is 11.3. The lowest BCUT2D eigenvalue weighted by molar-refractivity contribution is -0.108. The number of unbranched alkanes of at least 4 members (excludes halogenated alkanes) is 1. The predicted molar refractivity (Wildman–Crippen MR) is 173 cm³/mol. The number of hydrogen-bond acceptors (Lipinski definition) is 9. The van der Waals surface area contributed by atoms with Gasteiger partial charge in [-0.05, 0) is 70.5 Å². The third-order valence-electron chi connectivity index (χ3n) is 9.25. The predicted octanol–water partition coefficient (Wildman–Crippen LogP) is 4.87. The summed E-state index contributed by atoms with van der Waals surface area (Å²) in [6.45, 7) is 3.60. The molecule has 0 aliphatic carbocycles. The van der Waals surface area contributed by atoms with Crippen molar-refractivity contribution in [3.05, 3.63) is 63.5 Å². The second-order valence-electron chi connectivity index (χ2n) is 12.4. The molecule has 2 fully saturated rings. The number of rotatable bonds is 14. The Labute approximate surface area is 272 Å². The molecule has 2 aliphatic heterocycles. The third kappa shape index (κ3) is 8.03. The highest BCUT2D eigenvalue weighted by Gasteiger charge is 2.44. The molecule has 5 rings (SSSR count). The van der Waals surface area contributed by atoms with Gasteiger partial charge in [0, 0.05) is 43.2 Å². The van der Waals surface area contributed by atoms with Gasteiger partial charge in [-0.25, -0.2) is 31.6 Å². The first-order valence-electron chi connectivity index (χ1n) is 16.3. The van der Waals surface area contributed by atoms with Crippen molar-refractivity contribution in [3.63, 3.8) is 0 Å². The van der Waals surface area contributed by atoms with Crippen molar-refractivity contribution < 1.29 is 31.1 Å². The van der Waals surface area contributed by atoms with Crippen LogP contribution in [-0.4, -0.2) is 67.0 Å². The van der Waals surface area contributed by atoms with Crippen molar-refractivity contribution in [2.24, 2.45) is 5.92 Å². The van der Waals surface area contributed by atoms with E-state index in [0.717, 1.165) is 12.4 Å². The van der Waals surface area contributed by atoms with Gasteiger partial charge in [0.05, 0.1) is 28.5 Å². The lowest BCUT2D eigenvalue weighted by atomic mass is 9.86. The largest absolute Gasteiger partial charge is 0.381 e. The summed E-state index contributed by atoms with van der Waals surface area (Å²) in [7, 11) is -3.17.